The maximum absolute atomic E-state index is 5.02. The van der Waals surface area contributed by atoms with Gasteiger partial charge in [0.1, 0.15) is 0 Å². The van der Waals surface area contributed by atoms with Crippen LogP contribution in [-0.2, 0) is 11.2 Å². The first-order valence-corrected chi connectivity index (χ1v) is 5.80. The lowest BCUT2D eigenvalue weighted by Crippen LogP contribution is -2.15. The maximum Gasteiger partial charge on any atom is 0.0951 e. The standard InChI is InChI=1S/C10H18N2OS/c1-4-8(11-2)9-7-14-10(12-9)5-6-13-3/h7-8,11H,4-6H2,1-3H3. The van der Waals surface area contributed by atoms with E-state index in [1.807, 2.05) is 7.05 Å². The summed E-state index contributed by atoms with van der Waals surface area (Å²) in [5.74, 6) is 0. The molecule has 1 unspecified atom stereocenters. The van der Waals surface area contributed by atoms with Crippen LogP contribution in [0, 0.1) is 0 Å². The lowest BCUT2D eigenvalue weighted by Gasteiger charge is -2.09. The van der Waals surface area contributed by atoms with Crippen LogP contribution in [0.1, 0.15) is 30.1 Å². The summed E-state index contributed by atoms with van der Waals surface area (Å²) in [6.45, 7) is 2.92. The SMILES string of the molecule is CCC(NC)c1csc(CCOC)n1. The molecule has 4 heteroatoms. The number of hydrogen-bond donors (Lipinski definition) is 1. The highest BCUT2D eigenvalue weighted by Crippen LogP contribution is 2.19. The Morgan fingerprint density at radius 2 is 2.43 bits per heavy atom. The first-order valence-electron chi connectivity index (χ1n) is 4.92. The van der Waals surface area contributed by atoms with E-state index in [9.17, 15) is 0 Å². The van der Waals surface area contributed by atoms with Gasteiger partial charge in [-0.25, -0.2) is 4.98 Å². The van der Waals surface area contributed by atoms with Gasteiger partial charge >= 0.3 is 0 Å². The normalized spacial score (nSPS) is 13.1. The van der Waals surface area contributed by atoms with Crippen molar-refractivity contribution in [3.8, 4) is 0 Å². The second-order valence-corrected chi connectivity index (χ2v) is 4.10. The van der Waals surface area contributed by atoms with E-state index >= 15 is 0 Å². The van der Waals surface area contributed by atoms with Gasteiger partial charge in [-0.2, -0.15) is 0 Å². The van der Waals surface area contributed by atoms with Gasteiger partial charge < -0.3 is 10.1 Å². The predicted octanol–water partition coefficient (Wildman–Crippen LogP) is 2.00. The maximum atomic E-state index is 5.02. The average Bonchev–Trinajstić information content (AvgIpc) is 2.65. The number of aromatic nitrogens is 1. The Morgan fingerprint density at radius 3 is 3.00 bits per heavy atom. The van der Waals surface area contributed by atoms with E-state index in [-0.39, 0.29) is 0 Å². The molecule has 0 aliphatic heterocycles. The second kappa shape index (κ2) is 6.11. The summed E-state index contributed by atoms with van der Waals surface area (Å²) in [7, 11) is 3.69. The number of ether oxygens (including phenoxy) is 1. The van der Waals surface area contributed by atoms with E-state index < -0.39 is 0 Å². The third-order valence-corrected chi connectivity index (χ3v) is 3.13. The number of nitrogens with one attached hydrogen (secondary N) is 1. The zero-order valence-corrected chi connectivity index (χ0v) is 9.86. The molecule has 14 heavy (non-hydrogen) atoms. The molecule has 0 saturated carbocycles. The van der Waals surface area contributed by atoms with Gasteiger partial charge in [0.2, 0.25) is 0 Å². The molecule has 1 rings (SSSR count). The minimum Gasteiger partial charge on any atom is -0.384 e. The van der Waals surface area contributed by atoms with Crippen LogP contribution < -0.4 is 5.32 Å². The summed E-state index contributed by atoms with van der Waals surface area (Å²) >= 11 is 1.72. The molecule has 3 nitrogen and oxygen atoms in total. The van der Waals surface area contributed by atoms with Crippen molar-refractivity contribution in [1.82, 2.24) is 10.3 Å². The first-order chi connectivity index (χ1) is 6.81. The lowest BCUT2D eigenvalue weighted by molar-refractivity contribution is 0.202. The first kappa shape index (κ1) is 11.6. The molecule has 80 valence electrons. The van der Waals surface area contributed by atoms with Crippen molar-refractivity contribution < 1.29 is 4.74 Å². The topological polar surface area (TPSA) is 34.1 Å². The van der Waals surface area contributed by atoms with Gasteiger partial charge in [-0.15, -0.1) is 11.3 Å². The average molecular weight is 214 g/mol. The zero-order chi connectivity index (χ0) is 10.4. The van der Waals surface area contributed by atoms with Gasteiger partial charge in [-0.05, 0) is 13.5 Å². The summed E-state index contributed by atoms with van der Waals surface area (Å²) in [6, 6.07) is 0.391. The number of hydrogen-bond acceptors (Lipinski definition) is 4. The van der Waals surface area contributed by atoms with Crippen LogP contribution in [0.4, 0.5) is 0 Å². The Bertz CT molecular complexity index is 258. The molecule has 0 spiro atoms. The van der Waals surface area contributed by atoms with Crippen LogP contribution in [0.3, 0.4) is 0 Å². The molecule has 1 heterocycles. The largest absolute Gasteiger partial charge is 0.384 e. The van der Waals surface area contributed by atoms with Crippen molar-refractivity contribution in [2.24, 2.45) is 0 Å². The smallest absolute Gasteiger partial charge is 0.0951 e. The van der Waals surface area contributed by atoms with Crippen LogP contribution in [0.5, 0.6) is 0 Å². The van der Waals surface area contributed by atoms with Gasteiger partial charge in [0.25, 0.3) is 0 Å². The fourth-order valence-electron chi connectivity index (χ4n) is 1.35. The van der Waals surface area contributed by atoms with Crippen molar-refractivity contribution in [1.29, 1.82) is 0 Å². The van der Waals surface area contributed by atoms with Gasteiger partial charge in [-0.1, -0.05) is 6.92 Å². The van der Waals surface area contributed by atoms with Gasteiger partial charge in [0.15, 0.2) is 0 Å². The molecule has 0 radical (unpaired) electrons. The molecule has 0 aromatic carbocycles. The molecule has 1 atom stereocenters. The molecule has 0 aliphatic carbocycles. The fourth-order valence-corrected chi connectivity index (χ4v) is 2.18. The van der Waals surface area contributed by atoms with Crippen molar-refractivity contribution in [2.75, 3.05) is 20.8 Å². The highest BCUT2D eigenvalue weighted by Gasteiger charge is 2.10. The summed E-state index contributed by atoms with van der Waals surface area (Å²) in [5, 5.41) is 6.55. The van der Waals surface area contributed by atoms with E-state index in [1.54, 1.807) is 18.4 Å². The molecule has 1 aromatic rings. The van der Waals surface area contributed by atoms with Crippen molar-refractivity contribution >= 4 is 11.3 Å². The van der Waals surface area contributed by atoms with Crippen LogP contribution in [0.15, 0.2) is 5.38 Å². The third-order valence-electron chi connectivity index (χ3n) is 2.20. The minimum atomic E-state index is 0.391. The monoisotopic (exact) mass is 214 g/mol. The molecular weight excluding hydrogens is 196 g/mol. The molecule has 0 amide bonds. The van der Waals surface area contributed by atoms with E-state index in [1.165, 1.54) is 0 Å². The number of rotatable bonds is 6. The molecule has 0 fully saturated rings. The van der Waals surface area contributed by atoms with Crippen molar-refractivity contribution in [3.05, 3.63) is 16.1 Å². The van der Waals surface area contributed by atoms with Crippen LogP contribution >= 0.6 is 11.3 Å². The van der Waals surface area contributed by atoms with Crippen molar-refractivity contribution in [3.63, 3.8) is 0 Å². The fraction of sp³-hybridized carbons (Fsp3) is 0.700. The van der Waals surface area contributed by atoms with Gasteiger partial charge in [0, 0.05) is 25.0 Å². The summed E-state index contributed by atoms with van der Waals surface area (Å²) in [5.41, 5.74) is 1.16. The zero-order valence-electron chi connectivity index (χ0n) is 9.04. The van der Waals surface area contributed by atoms with Crippen LogP contribution in [-0.4, -0.2) is 25.7 Å². The predicted molar refractivity (Wildman–Crippen MR) is 59.8 cm³/mol. The van der Waals surface area contributed by atoms with Crippen molar-refractivity contribution in [2.45, 2.75) is 25.8 Å². The Hall–Kier alpha value is -0.450. The number of methoxy groups -OCH3 is 1. The van der Waals surface area contributed by atoms with Crippen LogP contribution in [0.2, 0.25) is 0 Å². The van der Waals surface area contributed by atoms with E-state index in [0.717, 1.165) is 30.2 Å². The Morgan fingerprint density at radius 1 is 1.64 bits per heavy atom. The molecule has 1 aromatic heterocycles. The van der Waals surface area contributed by atoms with E-state index in [4.69, 9.17) is 4.74 Å². The molecular formula is C10H18N2OS. The van der Waals surface area contributed by atoms with Gasteiger partial charge in [-0.3, -0.25) is 0 Å². The summed E-state index contributed by atoms with van der Waals surface area (Å²) < 4.78 is 5.02. The molecule has 0 bridgehead atoms. The lowest BCUT2D eigenvalue weighted by atomic mass is 10.2. The minimum absolute atomic E-state index is 0.391. The molecule has 0 saturated heterocycles. The number of thiazole rings is 1. The Balaban J connectivity index is 2.57. The van der Waals surface area contributed by atoms with E-state index in [0.29, 0.717) is 6.04 Å². The Labute approximate surface area is 89.5 Å². The number of nitrogens with zero attached hydrogens (tertiary/aromatic N) is 1. The van der Waals surface area contributed by atoms with Gasteiger partial charge in [0.05, 0.1) is 17.3 Å². The highest BCUT2D eigenvalue weighted by molar-refractivity contribution is 7.09. The second-order valence-electron chi connectivity index (χ2n) is 3.16. The molecule has 0 aliphatic rings. The molecule has 1 N–H and O–H groups in total. The third kappa shape index (κ3) is 3.04. The van der Waals surface area contributed by atoms with E-state index in [2.05, 4.69) is 22.6 Å². The Kier molecular flexibility index (Phi) is 5.07. The summed E-state index contributed by atoms with van der Waals surface area (Å²) in [4.78, 5) is 4.57. The summed E-state index contributed by atoms with van der Waals surface area (Å²) in [6.07, 6.45) is 1.99. The highest BCUT2D eigenvalue weighted by atomic mass is 32.1. The van der Waals surface area contributed by atoms with Crippen LogP contribution in [0.25, 0.3) is 0 Å². The quantitative estimate of drug-likeness (QED) is 0.786.